The molecule has 2 saturated carbocycles. The number of rotatable bonds is 2. The van der Waals surface area contributed by atoms with E-state index in [1.54, 1.807) is 11.9 Å². The number of benzene rings is 1. The fourth-order valence-corrected chi connectivity index (χ4v) is 7.31. The van der Waals surface area contributed by atoms with Crippen molar-refractivity contribution in [2.75, 3.05) is 7.05 Å². The maximum absolute atomic E-state index is 13.9. The Hall–Kier alpha value is -2.10. The van der Waals surface area contributed by atoms with Gasteiger partial charge in [0.15, 0.2) is 19.8 Å². The van der Waals surface area contributed by atoms with Crippen molar-refractivity contribution < 1.29 is 9.22 Å². The third-order valence-corrected chi connectivity index (χ3v) is 13.7. The molecular formula is C28H39N3O2Si. The van der Waals surface area contributed by atoms with Crippen LogP contribution in [0.5, 0.6) is 0 Å². The Kier molecular flexibility index (Phi) is 5.35. The van der Waals surface area contributed by atoms with Gasteiger partial charge < -0.3 is 10.2 Å². The summed E-state index contributed by atoms with van der Waals surface area (Å²) in [5, 5.41) is 0.188. The molecule has 1 aromatic rings. The molecule has 6 heteroatoms. The first-order valence-corrected chi connectivity index (χ1v) is 15.8. The van der Waals surface area contributed by atoms with Crippen molar-refractivity contribution in [3.63, 3.8) is 0 Å². The number of carbonyl (C=O) groups excluding carboxylic acids is 1. The van der Waals surface area contributed by atoms with Gasteiger partial charge in [-0.05, 0) is 86.3 Å². The number of carbonyl (C=O) groups is 1. The van der Waals surface area contributed by atoms with Gasteiger partial charge in [-0.3, -0.25) is 9.69 Å². The molecule has 0 saturated heterocycles. The Morgan fingerprint density at radius 3 is 2.41 bits per heavy atom. The summed E-state index contributed by atoms with van der Waals surface area (Å²) in [5.41, 5.74) is 8.33. The van der Waals surface area contributed by atoms with E-state index in [-0.39, 0.29) is 22.5 Å². The van der Waals surface area contributed by atoms with Crippen LogP contribution in [0.2, 0.25) is 18.1 Å². The summed E-state index contributed by atoms with van der Waals surface area (Å²) in [6.07, 6.45) is 7.28. The molecule has 1 heterocycles. The molecule has 1 unspecified atom stereocenters. The average molecular weight is 478 g/mol. The topological polar surface area (TPSA) is 67.9 Å². The summed E-state index contributed by atoms with van der Waals surface area (Å²) >= 11 is 0. The van der Waals surface area contributed by atoms with Crippen molar-refractivity contribution >= 4 is 20.2 Å². The normalized spacial score (nSPS) is 31.0. The van der Waals surface area contributed by atoms with E-state index in [0.29, 0.717) is 11.9 Å². The molecule has 1 amide bonds. The van der Waals surface area contributed by atoms with Crippen molar-refractivity contribution in [1.29, 1.82) is 0 Å². The highest BCUT2D eigenvalue weighted by molar-refractivity contribution is 6.74. The zero-order valence-electron chi connectivity index (χ0n) is 21.6. The van der Waals surface area contributed by atoms with Crippen LogP contribution >= 0.6 is 0 Å². The van der Waals surface area contributed by atoms with Gasteiger partial charge in [0.2, 0.25) is 0 Å². The van der Waals surface area contributed by atoms with Crippen LogP contribution in [0.3, 0.4) is 0 Å². The molecule has 2 fully saturated rings. The van der Waals surface area contributed by atoms with Gasteiger partial charge in [0.1, 0.15) is 0 Å². The molecule has 34 heavy (non-hydrogen) atoms. The Bertz CT molecular complexity index is 1110. The third kappa shape index (κ3) is 3.55. The molecule has 182 valence electrons. The van der Waals surface area contributed by atoms with Crippen molar-refractivity contribution in [3.05, 3.63) is 34.9 Å². The molecule has 5 rings (SSSR count). The van der Waals surface area contributed by atoms with E-state index in [4.69, 9.17) is 15.2 Å². The van der Waals surface area contributed by atoms with E-state index in [1.165, 1.54) is 18.4 Å². The van der Waals surface area contributed by atoms with Gasteiger partial charge in [-0.2, -0.15) is 0 Å². The number of likely N-dealkylation sites (N-methyl/N-ethyl adjacent to an activating group) is 1. The molecule has 0 aromatic heterocycles. The number of aliphatic imine (C=N–C) groups is 1. The van der Waals surface area contributed by atoms with Crippen LogP contribution in [-0.4, -0.2) is 38.2 Å². The molecule has 1 aromatic carbocycles. The predicted octanol–water partition coefficient (Wildman–Crippen LogP) is 4.94. The highest BCUT2D eigenvalue weighted by atomic mass is 28.4. The highest BCUT2D eigenvalue weighted by Crippen LogP contribution is 2.62. The lowest BCUT2D eigenvalue weighted by Crippen LogP contribution is -2.52. The summed E-state index contributed by atoms with van der Waals surface area (Å²) in [6.45, 7) is 11.5. The summed E-state index contributed by atoms with van der Waals surface area (Å²) in [6, 6.07) is 6.42. The van der Waals surface area contributed by atoms with Crippen LogP contribution < -0.4 is 5.73 Å². The first kappa shape index (κ1) is 23.6. The lowest BCUT2D eigenvalue weighted by molar-refractivity contribution is -0.137. The monoisotopic (exact) mass is 477 g/mol. The third-order valence-electron chi connectivity index (χ3n) is 9.19. The lowest BCUT2D eigenvalue weighted by Gasteiger charge is -2.47. The minimum atomic E-state index is -1.84. The maximum Gasteiger partial charge on any atom is 0.262 e. The first-order valence-electron chi connectivity index (χ1n) is 12.8. The predicted molar refractivity (Wildman–Crippen MR) is 139 cm³/mol. The van der Waals surface area contributed by atoms with Crippen LogP contribution in [0.1, 0.15) is 76.0 Å². The van der Waals surface area contributed by atoms with E-state index < -0.39 is 13.9 Å². The Balaban J connectivity index is 1.48. The van der Waals surface area contributed by atoms with Crippen molar-refractivity contribution in [2.45, 2.75) is 95.5 Å². The van der Waals surface area contributed by atoms with E-state index in [9.17, 15) is 4.79 Å². The van der Waals surface area contributed by atoms with Crippen LogP contribution in [0.25, 0.3) is 0 Å². The average Bonchev–Trinajstić information content (AvgIpc) is 3.52. The Morgan fingerprint density at radius 2 is 1.85 bits per heavy atom. The zero-order valence-corrected chi connectivity index (χ0v) is 22.6. The number of nitrogens with zero attached hydrogens (tertiary/aromatic N) is 2. The fourth-order valence-electron chi connectivity index (χ4n) is 5.89. The minimum absolute atomic E-state index is 0.0137. The van der Waals surface area contributed by atoms with E-state index in [2.05, 4.69) is 63.9 Å². The van der Waals surface area contributed by atoms with Gasteiger partial charge in [0.05, 0.1) is 0 Å². The molecule has 1 atom stereocenters. The number of fused-ring (bicyclic) bond motifs is 3. The number of amides is 1. The second-order valence-electron chi connectivity index (χ2n) is 12.5. The molecule has 3 aliphatic carbocycles. The standard InChI is InChI=1S/C28H39N3O2Si/c1-26(2,3)34(5,6)33-22-13-15-27(16-14-22)18-21-12-11-20(10-9-19-7-8-19)17-23(21)28(27)24(32)31(4)25(29)30-28/h11-12,17,19,22H,7-8,13-16,18H2,1-6H3,(H2,29,30). The molecule has 2 spiro atoms. The quantitative estimate of drug-likeness (QED) is 0.485. The molecule has 4 aliphatic rings. The molecule has 0 radical (unpaired) electrons. The van der Waals surface area contributed by atoms with Gasteiger partial charge in [0, 0.05) is 30.0 Å². The van der Waals surface area contributed by atoms with E-state index >= 15 is 0 Å². The van der Waals surface area contributed by atoms with E-state index in [0.717, 1.165) is 43.2 Å². The van der Waals surface area contributed by atoms with E-state index in [1.807, 2.05) is 0 Å². The number of hydrogen-bond acceptors (Lipinski definition) is 4. The second-order valence-corrected chi connectivity index (χ2v) is 17.3. The SMILES string of the molecule is CN1C(=O)C2(N=C1N)c1cc(C#CC3CC3)ccc1CC21CCC(O[Si](C)(C)C(C)(C)C)CC1. The first-order chi connectivity index (χ1) is 15.9. The summed E-state index contributed by atoms with van der Waals surface area (Å²) < 4.78 is 6.79. The summed E-state index contributed by atoms with van der Waals surface area (Å²) in [7, 11) is -0.0868. The molecular weight excluding hydrogens is 438 g/mol. The lowest BCUT2D eigenvalue weighted by atomic mass is 9.61. The molecule has 5 nitrogen and oxygen atoms in total. The van der Waals surface area contributed by atoms with Crippen molar-refractivity contribution in [1.82, 2.24) is 4.90 Å². The highest BCUT2D eigenvalue weighted by Gasteiger charge is 2.66. The Labute approximate surface area is 205 Å². The molecule has 2 N–H and O–H groups in total. The molecule has 1 aliphatic heterocycles. The number of guanidine groups is 1. The van der Waals surface area contributed by atoms with Gasteiger partial charge in [-0.25, -0.2) is 4.99 Å². The zero-order chi connectivity index (χ0) is 24.5. The summed E-state index contributed by atoms with van der Waals surface area (Å²) in [5.74, 6) is 7.59. The molecule has 0 bridgehead atoms. The second kappa shape index (κ2) is 7.70. The summed E-state index contributed by atoms with van der Waals surface area (Å²) in [4.78, 5) is 20.4. The number of hydrogen-bond donors (Lipinski definition) is 1. The van der Waals surface area contributed by atoms with Crippen LogP contribution in [0, 0.1) is 23.2 Å². The van der Waals surface area contributed by atoms with Crippen LogP contribution in [0.4, 0.5) is 0 Å². The van der Waals surface area contributed by atoms with Gasteiger partial charge in [-0.1, -0.05) is 38.7 Å². The van der Waals surface area contributed by atoms with Crippen molar-refractivity contribution in [3.8, 4) is 11.8 Å². The maximum atomic E-state index is 13.9. The largest absolute Gasteiger partial charge is 0.414 e. The van der Waals surface area contributed by atoms with Crippen LogP contribution in [0.15, 0.2) is 23.2 Å². The smallest absolute Gasteiger partial charge is 0.262 e. The van der Waals surface area contributed by atoms with Crippen LogP contribution in [-0.2, 0) is 21.2 Å². The fraction of sp³-hybridized carbons (Fsp3) is 0.643. The van der Waals surface area contributed by atoms with Gasteiger partial charge in [0.25, 0.3) is 5.91 Å². The minimum Gasteiger partial charge on any atom is -0.414 e. The van der Waals surface area contributed by atoms with Gasteiger partial charge in [-0.15, -0.1) is 0 Å². The van der Waals surface area contributed by atoms with Gasteiger partial charge >= 0.3 is 0 Å². The number of nitrogens with two attached hydrogens (primary N) is 1. The van der Waals surface area contributed by atoms with Crippen molar-refractivity contribution in [2.24, 2.45) is 22.1 Å². The Morgan fingerprint density at radius 1 is 1.18 bits per heavy atom.